The van der Waals surface area contributed by atoms with E-state index in [0.29, 0.717) is 5.56 Å². The van der Waals surface area contributed by atoms with Gasteiger partial charge < -0.3 is 0 Å². The van der Waals surface area contributed by atoms with Crippen LogP contribution >= 0.6 is 22.9 Å². The van der Waals surface area contributed by atoms with E-state index in [1.54, 1.807) is 30.6 Å². The molecular weight excluding hydrogens is 502 g/mol. The molecule has 0 saturated heterocycles. The highest BCUT2D eigenvalue weighted by Crippen LogP contribution is 2.41. The number of thiazole rings is 1. The van der Waals surface area contributed by atoms with Crippen LogP contribution in [0.3, 0.4) is 0 Å². The van der Waals surface area contributed by atoms with Crippen LogP contribution in [0.2, 0.25) is 5.02 Å². The first-order valence-corrected chi connectivity index (χ1v) is 12.4. The van der Waals surface area contributed by atoms with Crippen molar-refractivity contribution in [3.63, 3.8) is 0 Å². The molecule has 0 atom stereocenters. The maximum Gasteiger partial charge on any atom is 0.436 e. The Hall–Kier alpha value is -2.76. The van der Waals surface area contributed by atoms with Gasteiger partial charge in [0, 0.05) is 28.8 Å². The van der Waals surface area contributed by atoms with Crippen molar-refractivity contribution in [2.45, 2.75) is 18.0 Å². The van der Waals surface area contributed by atoms with E-state index in [2.05, 4.69) is 10.1 Å². The van der Waals surface area contributed by atoms with E-state index in [1.165, 1.54) is 17.4 Å². The Bertz CT molecular complexity index is 1460. The molecule has 4 aromatic rings. The fourth-order valence-corrected chi connectivity index (χ4v) is 5.00. The first-order chi connectivity index (χ1) is 15.4. The van der Waals surface area contributed by atoms with Gasteiger partial charge in [-0.15, -0.1) is 11.3 Å². The van der Waals surface area contributed by atoms with Gasteiger partial charge in [0.1, 0.15) is 10.7 Å². The quantitative estimate of drug-likeness (QED) is 0.304. The van der Waals surface area contributed by atoms with E-state index in [-0.39, 0.29) is 11.4 Å². The van der Waals surface area contributed by atoms with Crippen molar-refractivity contribution < 1.29 is 26.0 Å². The van der Waals surface area contributed by atoms with Gasteiger partial charge >= 0.3 is 6.18 Å². The third kappa shape index (κ3) is 4.40. The summed E-state index contributed by atoms with van der Waals surface area (Å²) in [4.78, 5) is 3.66. The Morgan fingerprint density at radius 3 is 2.39 bits per heavy atom. The van der Waals surface area contributed by atoms with Crippen LogP contribution in [0.25, 0.3) is 28.2 Å². The average Bonchev–Trinajstić information content (AvgIpc) is 3.34. The Labute approximate surface area is 195 Å². The van der Waals surface area contributed by atoms with Crippen molar-refractivity contribution in [3.05, 3.63) is 69.4 Å². The highest BCUT2D eigenvalue weighted by Gasteiger charge is 2.39. The van der Waals surface area contributed by atoms with Crippen LogP contribution in [-0.4, -0.2) is 29.4 Å². The van der Waals surface area contributed by atoms with Crippen molar-refractivity contribution in [3.8, 4) is 28.2 Å². The van der Waals surface area contributed by atoms with Crippen LogP contribution < -0.4 is 0 Å². The fourth-order valence-electron chi connectivity index (χ4n) is 3.38. The van der Waals surface area contributed by atoms with Crippen molar-refractivity contribution in [2.75, 3.05) is 6.26 Å². The van der Waals surface area contributed by atoms with Crippen LogP contribution in [-0.2, 0) is 16.0 Å². The topological polar surface area (TPSA) is 64.8 Å². The molecule has 0 aliphatic heterocycles. The summed E-state index contributed by atoms with van der Waals surface area (Å²) >= 11 is 7.54. The molecule has 2 aromatic heterocycles. The molecule has 0 bridgehead atoms. The summed E-state index contributed by atoms with van der Waals surface area (Å²) in [7, 11) is -3.87. The van der Waals surface area contributed by atoms with Crippen LogP contribution in [0.5, 0.6) is 0 Å². The Balaban J connectivity index is 1.93. The summed E-state index contributed by atoms with van der Waals surface area (Å²) in [5.74, 6) is -1.11. The number of hydrogen-bond donors (Lipinski definition) is 0. The summed E-state index contributed by atoms with van der Waals surface area (Å²) in [5, 5.41) is 4.78. The lowest BCUT2D eigenvalue weighted by Crippen LogP contribution is -2.08. The lowest BCUT2D eigenvalue weighted by atomic mass is 10.0. The number of alkyl halides is 3. The van der Waals surface area contributed by atoms with Crippen molar-refractivity contribution in [1.29, 1.82) is 0 Å². The Morgan fingerprint density at radius 1 is 1.12 bits per heavy atom. The van der Waals surface area contributed by atoms with E-state index in [9.17, 15) is 26.0 Å². The molecule has 2 aromatic carbocycles. The van der Waals surface area contributed by atoms with E-state index in [4.69, 9.17) is 11.6 Å². The summed E-state index contributed by atoms with van der Waals surface area (Å²) in [6.07, 6.45) is -4.03. The molecule has 0 amide bonds. The smallest absolute Gasteiger partial charge is 0.245 e. The van der Waals surface area contributed by atoms with Crippen LogP contribution in [0.1, 0.15) is 11.3 Å². The molecule has 12 heteroatoms. The summed E-state index contributed by atoms with van der Waals surface area (Å²) in [6.45, 7) is 1.78. The second-order valence-corrected chi connectivity index (χ2v) is 10.3. The number of aromatic nitrogens is 3. The van der Waals surface area contributed by atoms with Gasteiger partial charge in [-0.1, -0.05) is 23.7 Å². The minimum absolute atomic E-state index is 0.108. The van der Waals surface area contributed by atoms with Gasteiger partial charge in [-0.25, -0.2) is 22.5 Å². The average molecular weight is 516 g/mol. The highest BCUT2D eigenvalue weighted by atomic mass is 35.5. The van der Waals surface area contributed by atoms with Gasteiger partial charge in [-0.2, -0.15) is 18.3 Å². The standard InChI is InChI=1S/C21H14ClF4N3O2S2/c1-11-7-12(3-5-14(11)16-9-32-10-27-16)19-18(22)20(21(24,25)26)28-29(19)13-4-6-17(15(23)8-13)33(2,30)31/h3-10H,1-2H3. The number of halogens is 5. The molecule has 0 fully saturated rings. The van der Waals surface area contributed by atoms with Crippen molar-refractivity contribution >= 4 is 32.8 Å². The van der Waals surface area contributed by atoms with E-state index < -0.39 is 37.4 Å². The molecule has 0 N–H and O–H groups in total. The van der Waals surface area contributed by atoms with E-state index in [1.807, 2.05) is 5.38 Å². The molecule has 0 unspecified atom stereocenters. The van der Waals surface area contributed by atoms with Crippen molar-refractivity contribution in [1.82, 2.24) is 14.8 Å². The number of benzene rings is 2. The predicted molar refractivity (Wildman–Crippen MR) is 118 cm³/mol. The number of rotatable bonds is 4. The molecule has 2 heterocycles. The Kier molecular flexibility index (Phi) is 5.83. The Morgan fingerprint density at radius 2 is 1.85 bits per heavy atom. The van der Waals surface area contributed by atoms with Crippen LogP contribution in [0, 0.1) is 12.7 Å². The van der Waals surface area contributed by atoms with Gasteiger partial charge in [0.05, 0.1) is 27.6 Å². The SMILES string of the molecule is Cc1cc(-c2c(Cl)c(C(F)(F)F)nn2-c2ccc(S(C)(=O)=O)c(F)c2)ccc1-c1cscn1. The minimum atomic E-state index is -4.86. The van der Waals surface area contributed by atoms with Crippen LogP contribution in [0.4, 0.5) is 17.6 Å². The highest BCUT2D eigenvalue weighted by molar-refractivity contribution is 7.90. The summed E-state index contributed by atoms with van der Waals surface area (Å²) in [6, 6.07) is 7.86. The molecular formula is C21H14ClF4N3O2S2. The second kappa shape index (κ2) is 8.23. The largest absolute Gasteiger partial charge is 0.436 e. The molecule has 172 valence electrons. The first-order valence-electron chi connectivity index (χ1n) is 9.23. The minimum Gasteiger partial charge on any atom is -0.245 e. The number of sulfone groups is 1. The van der Waals surface area contributed by atoms with E-state index >= 15 is 0 Å². The summed E-state index contributed by atoms with van der Waals surface area (Å²) in [5.41, 5.74) is 2.66. The normalized spacial score (nSPS) is 12.3. The van der Waals surface area contributed by atoms with Crippen LogP contribution in [0.15, 0.2) is 52.2 Å². The number of aryl methyl sites for hydroxylation is 1. The molecule has 5 nitrogen and oxygen atoms in total. The van der Waals surface area contributed by atoms with Crippen molar-refractivity contribution in [2.24, 2.45) is 0 Å². The first kappa shape index (κ1) is 23.4. The maximum atomic E-state index is 14.5. The molecule has 0 spiro atoms. The zero-order chi connectivity index (χ0) is 24.1. The molecule has 0 aliphatic rings. The summed E-state index contributed by atoms with van der Waals surface area (Å²) < 4.78 is 79.5. The second-order valence-electron chi connectivity index (χ2n) is 7.21. The molecule has 0 aliphatic carbocycles. The lowest BCUT2D eigenvalue weighted by Gasteiger charge is -2.12. The molecule has 0 radical (unpaired) electrons. The van der Waals surface area contributed by atoms with Gasteiger partial charge in [-0.3, -0.25) is 0 Å². The molecule has 0 saturated carbocycles. The van der Waals surface area contributed by atoms with Gasteiger partial charge in [-0.05, 0) is 30.7 Å². The third-order valence-electron chi connectivity index (χ3n) is 4.86. The zero-order valence-corrected chi connectivity index (χ0v) is 19.4. The maximum absolute atomic E-state index is 14.5. The van der Waals surface area contributed by atoms with E-state index in [0.717, 1.165) is 39.9 Å². The van der Waals surface area contributed by atoms with Gasteiger partial charge in [0.2, 0.25) is 0 Å². The zero-order valence-electron chi connectivity index (χ0n) is 17.0. The predicted octanol–water partition coefficient (Wildman–Crippen LogP) is 6.19. The van der Waals surface area contributed by atoms with Gasteiger partial charge in [0.15, 0.2) is 15.5 Å². The monoisotopic (exact) mass is 515 g/mol. The molecule has 33 heavy (non-hydrogen) atoms. The lowest BCUT2D eigenvalue weighted by molar-refractivity contribution is -0.141. The third-order valence-corrected chi connectivity index (χ3v) is 6.94. The number of nitrogens with zero attached hydrogens (tertiary/aromatic N) is 3. The molecule has 4 rings (SSSR count). The number of hydrogen-bond acceptors (Lipinski definition) is 5. The van der Waals surface area contributed by atoms with Gasteiger partial charge in [0.25, 0.3) is 0 Å². The fraction of sp³-hybridized carbons (Fsp3) is 0.143.